The van der Waals surface area contributed by atoms with Crippen LogP contribution in [-0.4, -0.2) is 11.7 Å². The topological polar surface area (TPSA) is 63.3 Å². The highest BCUT2D eigenvalue weighted by atomic mass is 14.9. The van der Waals surface area contributed by atoms with Crippen LogP contribution in [0, 0.1) is 6.92 Å². The molecular formula is C12H16N4. The molecule has 4 nitrogen and oxygen atoms in total. The SMILES string of the molecule is C=N/C=C\C(N)=C(/C)Nc1ccc(C)nc1. The molecule has 0 aliphatic carbocycles. The Morgan fingerprint density at radius 2 is 2.31 bits per heavy atom. The molecular weight excluding hydrogens is 200 g/mol. The van der Waals surface area contributed by atoms with E-state index in [-0.39, 0.29) is 0 Å². The lowest BCUT2D eigenvalue weighted by molar-refractivity contribution is 1.18. The van der Waals surface area contributed by atoms with Gasteiger partial charge in [0, 0.05) is 17.6 Å². The van der Waals surface area contributed by atoms with Crippen LogP contribution in [0.4, 0.5) is 5.69 Å². The van der Waals surface area contributed by atoms with Gasteiger partial charge in [-0.25, -0.2) is 0 Å². The maximum absolute atomic E-state index is 5.80. The minimum atomic E-state index is 0.618. The molecule has 1 rings (SSSR count). The van der Waals surface area contributed by atoms with Gasteiger partial charge >= 0.3 is 0 Å². The van der Waals surface area contributed by atoms with E-state index in [1.54, 1.807) is 18.5 Å². The van der Waals surface area contributed by atoms with Crippen molar-refractivity contribution >= 4 is 12.4 Å². The summed E-state index contributed by atoms with van der Waals surface area (Å²) in [6, 6.07) is 3.89. The van der Waals surface area contributed by atoms with E-state index in [4.69, 9.17) is 5.73 Å². The lowest BCUT2D eigenvalue weighted by Crippen LogP contribution is -2.05. The second-order valence-electron chi connectivity index (χ2n) is 3.39. The normalized spacial score (nSPS) is 12.4. The van der Waals surface area contributed by atoms with Gasteiger partial charge in [0.1, 0.15) is 0 Å². The Bertz CT molecular complexity index is 415. The first-order chi connectivity index (χ1) is 7.63. The van der Waals surface area contributed by atoms with Crippen molar-refractivity contribution in [2.45, 2.75) is 13.8 Å². The van der Waals surface area contributed by atoms with Crippen LogP contribution in [0.25, 0.3) is 0 Å². The summed E-state index contributed by atoms with van der Waals surface area (Å²) in [5.41, 5.74) is 9.16. The van der Waals surface area contributed by atoms with E-state index in [9.17, 15) is 0 Å². The summed E-state index contributed by atoms with van der Waals surface area (Å²) in [4.78, 5) is 7.77. The number of hydrogen-bond donors (Lipinski definition) is 2. The number of nitrogens with zero attached hydrogens (tertiary/aromatic N) is 2. The molecule has 0 saturated carbocycles. The average Bonchev–Trinajstić information content (AvgIpc) is 2.29. The van der Waals surface area contributed by atoms with Crippen LogP contribution in [-0.2, 0) is 0 Å². The van der Waals surface area contributed by atoms with E-state index in [1.807, 2.05) is 26.0 Å². The molecule has 0 atom stereocenters. The number of hydrogen-bond acceptors (Lipinski definition) is 4. The number of pyridine rings is 1. The molecule has 1 heterocycles. The van der Waals surface area contributed by atoms with Crippen molar-refractivity contribution in [2.24, 2.45) is 10.7 Å². The van der Waals surface area contributed by atoms with Gasteiger partial charge in [0.15, 0.2) is 0 Å². The number of aliphatic imine (C=N–C) groups is 1. The molecule has 0 unspecified atom stereocenters. The van der Waals surface area contributed by atoms with Crippen molar-refractivity contribution in [3.05, 3.63) is 47.7 Å². The standard InChI is InChI=1S/C12H16N4/c1-9-4-5-11(8-15-9)16-10(2)12(13)6-7-14-3/h4-8,16H,3,13H2,1-2H3/b7-6-,12-10-. The summed E-state index contributed by atoms with van der Waals surface area (Å²) in [6.07, 6.45) is 5.01. The summed E-state index contributed by atoms with van der Waals surface area (Å²) >= 11 is 0. The number of nitrogens with one attached hydrogen (secondary N) is 1. The molecule has 1 aromatic rings. The third kappa shape index (κ3) is 3.57. The van der Waals surface area contributed by atoms with Crippen molar-refractivity contribution < 1.29 is 0 Å². The number of anilines is 1. The molecule has 0 amide bonds. The maximum Gasteiger partial charge on any atom is 0.0569 e. The molecule has 4 heteroatoms. The van der Waals surface area contributed by atoms with Gasteiger partial charge in [-0.2, -0.15) is 0 Å². The van der Waals surface area contributed by atoms with Crippen LogP contribution in [0.3, 0.4) is 0 Å². The second-order valence-corrected chi connectivity index (χ2v) is 3.39. The minimum absolute atomic E-state index is 0.618. The second kappa shape index (κ2) is 5.70. The van der Waals surface area contributed by atoms with E-state index in [1.165, 1.54) is 0 Å². The zero-order valence-corrected chi connectivity index (χ0v) is 9.57. The van der Waals surface area contributed by atoms with Crippen molar-refractivity contribution in [2.75, 3.05) is 5.32 Å². The van der Waals surface area contributed by atoms with E-state index in [0.717, 1.165) is 17.1 Å². The Hall–Kier alpha value is -2.10. The minimum Gasteiger partial charge on any atom is -0.397 e. The summed E-state index contributed by atoms with van der Waals surface area (Å²) in [6.45, 7) is 7.18. The van der Waals surface area contributed by atoms with E-state index >= 15 is 0 Å². The average molecular weight is 216 g/mol. The van der Waals surface area contributed by atoms with Crippen molar-refractivity contribution in [3.8, 4) is 0 Å². The Balaban J connectivity index is 2.77. The molecule has 0 bridgehead atoms. The van der Waals surface area contributed by atoms with Crippen LogP contribution in [0.5, 0.6) is 0 Å². The van der Waals surface area contributed by atoms with Gasteiger partial charge in [-0.1, -0.05) is 0 Å². The van der Waals surface area contributed by atoms with Gasteiger partial charge in [-0.3, -0.25) is 9.98 Å². The Morgan fingerprint density at radius 3 is 2.88 bits per heavy atom. The first kappa shape index (κ1) is 12.0. The zero-order chi connectivity index (χ0) is 12.0. The highest BCUT2D eigenvalue weighted by molar-refractivity contribution is 5.48. The lowest BCUT2D eigenvalue weighted by Gasteiger charge is -2.08. The largest absolute Gasteiger partial charge is 0.397 e. The lowest BCUT2D eigenvalue weighted by atomic mass is 10.3. The van der Waals surface area contributed by atoms with Crippen LogP contribution >= 0.6 is 0 Å². The van der Waals surface area contributed by atoms with E-state index in [0.29, 0.717) is 5.70 Å². The summed E-state index contributed by atoms with van der Waals surface area (Å²) < 4.78 is 0. The van der Waals surface area contributed by atoms with E-state index in [2.05, 4.69) is 22.0 Å². The van der Waals surface area contributed by atoms with Crippen molar-refractivity contribution in [1.82, 2.24) is 4.98 Å². The highest BCUT2D eigenvalue weighted by Crippen LogP contribution is 2.10. The molecule has 84 valence electrons. The molecule has 0 aliphatic heterocycles. The van der Waals surface area contributed by atoms with Gasteiger partial charge in [-0.05, 0) is 38.8 Å². The number of allylic oxidation sites excluding steroid dienone is 2. The molecule has 0 aliphatic rings. The Morgan fingerprint density at radius 1 is 1.56 bits per heavy atom. The third-order valence-electron chi connectivity index (χ3n) is 2.04. The summed E-state index contributed by atoms with van der Waals surface area (Å²) in [5, 5.41) is 3.16. The fourth-order valence-corrected chi connectivity index (χ4v) is 1.09. The fraction of sp³-hybridized carbons (Fsp3) is 0.167. The monoisotopic (exact) mass is 216 g/mol. The smallest absolute Gasteiger partial charge is 0.0569 e. The van der Waals surface area contributed by atoms with Gasteiger partial charge in [0.25, 0.3) is 0 Å². The van der Waals surface area contributed by atoms with E-state index < -0.39 is 0 Å². The Kier molecular flexibility index (Phi) is 4.27. The predicted octanol–water partition coefficient (Wildman–Crippen LogP) is 2.21. The fourth-order valence-electron chi connectivity index (χ4n) is 1.09. The number of aromatic nitrogens is 1. The summed E-state index contributed by atoms with van der Waals surface area (Å²) in [5.74, 6) is 0. The number of rotatable bonds is 4. The quantitative estimate of drug-likeness (QED) is 0.599. The first-order valence-electron chi connectivity index (χ1n) is 4.92. The van der Waals surface area contributed by atoms with Crippen LogP contribution in [0.2, 0.25) is 0 Å². The van der Waals surface area contributed by atoms with Gasteiger partial charge in [0.2, 0.25) is 0 Å². The molecule has 1 aromatic heterocycles. The van der Waals surface area contributed by atoms with Crippen LogP contribution < -0.4 is 11.1 Å². The van der Waals surface area contributed by atoms with Gasteiger partial charge < -0.3 is 11.1 Å². The Labute approximate surface area is 95.6 Å². The molecule has 0 fully saturated rings. The molecule has 0 spiro atoms. The van der Waals surface area contributed by atoms with Gasteiger partial charge in [-0.15, -0.1) is 0 Å². The molecule has 3 N–H and O–H groups in total. The number of aryl methyl sites for hydroxylation is 1. The predicted molar refractivity (Wildman–Crippen MR) is 68.2 cm³/mol. The van der Waals surface area contributed by atoms with Crippen LogP contribution in [0.1, 0.15) is 12.6 Å². The molecule has 16 heavy (non-hydrogen) atoms. The molecule has 0 saturated heterocycles. The zero-order valence-electron chi connectivity index (χ0n) is 9.57. The van der Waals surface area contributed by atoms with Crippen molar-refractivity contribution in [3.63, 3.8) is 0 Å². The number of nitrogens with two attached hydrogens (primary N) is 1. The van der Waals surface area contributed by atoms with Crippen molar-refractivity contribution in [1.29, 1.82) is 0 Å². The molecule has 0 radical (unpaired) electrons. The maximum atomic E-state index is 5.80. The third-order valence-corrected chi connectivity index (χ3v) is 2.04. The molecule has 0 aromatic carbocycles. The first-order valence-corrected chi connectivity index (χ1v) is 4.92. The highest BCUT2D eigenvalue weighted by Gasteiger charge is 1.96. The van der Waals surface area contributed by atoms with Crippen LogP contribution in [0.15, 0.2) is 47.0 Å². The summed E-state index contributed by atoms with van der Waals surface area (Å²) in [7, 11) is 0. The van der Waals surface area contributed by atoms with Gasteiger partial charge in [0.05, 0.1) is 17.6 Å².